The highest BCUT2D eigenvalue weighted by Gasteiger charge is 2.18. The minimum absolute atomic E-state index is 0.0642. The maximum Gasteiger partial charge on any atom is 0.251 e. The van der Waals surface area contributed by atoms with E-state index < -0.39 is 10.0 Å². The lowest BCUT2D eigenvalue weighted by Gasteiger charge is -2.11. The van der Waals surface area contributed by atoms with Crippen molar-refractivity contribution in [1.82, 2.24) is 10.0 Å². The maximum absolute atomic E-state index is 12.7. The second-order valence-corrected chi connectivity index (χ2v) is 8.91. The Bertz CT molecular complexity index is 1130. The molecule has 1 amide bonds. The van der Waals surface area contributed by atoms with Crippen LogP contribution < -0.4 is 14.8 Å². The number of benzene rings is 3. The van der Waals surface area contributed by atoms with Crippen molar-refractivity contribution in [2.75, 3.05) is 13.7 Å². The van der Waals surface area contributed by atoms with Gasteiger partial charge in [0.05, 0.1) is 12.0 Å². The zero-order valence-corrected chi connectivity index (χ0v) is 18.4. The number of hydrogen-bond acceptors (Lipinski definition) is 4. The van der Waals surface area contributed by atoms with Gasteiger partial charge >= 0.3 is 0 Å². The number of aryl methyl sites for hydroxylation is 1. The molecule has 0 aliphatic heterocycles. The van der Waals surface area contributed by atoms with E-state index in [0.29, 0.717) is 24.1 Å². The van der Waals surface area contributed by atoms with Crippen LogP contribution in [0.25, 0.3) is 0 Å². The summed E-state index contributed by atoms with van der Waals surface area (Å²) in [6.07, 6.45) is 0.658. The van der Waals surface area contributed by atoms with Crippen LogP contribution in [0.4, 0.5) is 0 Å². The zero-order chi connectivity index (χ0) is 22.3. The van der Waals surface area contributed by atoms with E-state index in [1.165, 1.54) is 12.1 Å². The average molecular weight is 439 g/mol. The second-order valence-electron chi connectivity index (χ2n) is 7.14. The summed E-state index contributed by atoms with van der Waals surface area (Å²) < 4.78 is 33.1. The lowest BCUT2D eigenvalue weighted by Crippen LogP contribution is -2.27. The molecule has 7 heteroatoms. The van der Waals surface area contributed by atoms with Crippen LogP contribution in [-0.2, 0) is 23.0 Å². The molecule has 3 aromatic carbocycles. The topological polar surface area (TPSA) is 84.5 Å². The first kappa shape index (κ1) is 22.5. The van der Waals surface area contributed by atoms with Crippen LogP contribution in [0, 0.1) is 6.92 Å². The molecular formula is C24H26N2O4S. The minimum atomic E-state index is -3.74. The first-order valence-electron chi connectivity index (χ1n) is 9.94. The molecule has 0 heterocycles. The summed E-state index contributed by atoms with van der Waals surface area (Å²) in [6.45, 7) is 2.40. The molecule has 2 N–H and O–H groups in total. The van der Waals surface area contributed by atoms with Gasteiger partial charge in [-0.25, -0.2) is 13.1 Å². The number of carbonyl (C=O) groups excluding carboxylic acids is 1. The molecule has 0 bridgehead atoms. The fourth-order valence-corrected chi connectivity index (χ4v) is 4.12. The standard InChI is InChI=1S/C24H26N2O4S/c1-18-8-13-22(31(28,29)26-17-20-6-4-3-5-7-20)16-23(18)24(27)25-15-14-19-9-11-21(30-2)12-10-19/h3-13,16,26H,14-15,17H2,1-2H3,(H,25,27). The Morgan fingerprint density at radius 2 is 1.65 bits per heavy atom. The first-order chi connectivity index (χ1) is 14.9. The molecular weight excluding hydrogens is 412 g/mol. The van der Waals surface area contributed by atoms with Crippen molar-refractivity contribution >= 4 is 15.9 Å². The van der Waals surface area contributed by atoms with Crippen molar-refractivity contribution in [2.45, 2.75) is 24.8 Å². The Morgan fingerprint density at radius 1 is 0.935 bits per heavy atom. The number of rotatable bonds is 9. The molecule has 31 heavy (non-hydrogen) atoms. The van der Waals surface area contributed by atoms with Crippen LogP contribution in [0.15, 0.2) is 77.7 Å². The Balaban J connectivity index is 1.64. The number of methoxy groups -OCH3 is 1. The third kappa shape index (κ3) is 6.16. The zero-order valence-electron chi connectivity index (χ0n) is 17.6. The highest BCUT2D eigenvalue weighted by molar-refractivity contribution is 7.89. The molecule has 6 nitrogen and oxygen atoms in total. The number of hydrogen-bond donors (Lipinski definition) is 2. The van der Waals surface area contributed by atoms with Crippen molar-refractivity contribution < 1.29 is 17.9 Å². The molecule has 0 saturated heterocycles. The van der Waals surface area contributed by atoms with Gasteiger partial charge in [-0.2, -0.15) is 0 Å². The van der Waals surface area contributed by atoms with E-state index in [2.05, 4.69) is 10.0 Å². The summed E-state index contributed by atoms with van der Waals surface area (Å²) >= 11 is 0. The average Bonchev–Trinajstić information content (AvgIpc) is 2.79. The molecule has 0 atom stereocenters. The second kappa shape index (κ2) is 10.2. The highest BCUT2D eigenvalue weighted by atomic mass is 32.2. The summed E-state index contributed by atoms with van der Waals surface area (Å²) in [5, 5.41) is 2.87. The molecule has 3 aromatic rings. The molecule has 0 spiro atoms. The third-order valence-corrected chi connectivity index (χ3v) is 6.33. The van der Waals surface area contributed by atoms with E-state index >= 15 is 0 Å². The van der Waals surface area contributed by atoms with E-state index in [9.17, 15) is 13.2 Å². The van der Waals surface area contributed by atoms with Gasteiger partial charge in [-0.3, -0.25) is 4.79 Å². The van der Waals surface area contributed by atoms with Gasteiger partial charge in [0.1, 0.15) is 5.75 Å². The molecule has 3 rings (SSSR count). The molecule has 0 saturated carbocycles. The summed E-state index contributed by atoms with van der Waals surface area (Å²) in [7, 11) is -2.13. The SMILES string of the molecule is COc1ccc(CCNC(=O)c2cc(S(=O)(=O)NCc3ccccc3)ccc2C)cc1. The van der Waals surface area contributed by atoms with Gasteiger partial charge in [0.2, 0.25) is 10.0 Å². The molecule has 0 aliphatic carbocycles. The van der Waals surface area contributed by atoms with Crippen LogP contribution in [0.3, 0.4) is 0 Å². The smallest absolute Gasteiger partial charge is 0.251 e. The summed E-state index contributed by atoms with van der Waals surface area (Å²) in [5.74, 6) is 0.480. The van der Waals surface area contributed by atoms with Crippen molar-refractivity contribution in [3.63, 3.8) is 0 Å². The van der Waals surface area contributed by atoms with Gasteiger partial charge in [-0.15, -0.1) is 0 Å². The van der Waals surface area contributed by atoms with Crippen molar-refractivity contribution in [3.8, 4) is 5.75 Å². The van der Waals surface area contributed by atoms with Crippen LogP contribution in [0.2, 0.25) is 0 Å². The number of sulfonamides is 1. The highest BCUT2D eigenvalue weighted by Crippen LogP contribution is 2.17. The maximum atomic E-state index is 12.7. The Kier molecular flexibility index (Phi) is 7.44. The normalized spacial score (nSPS) is 11.2. The van der Waals surface area contributed by atoms with Gasteiger partial charge in [-0.05, 0) is 54.3 Å². The van der Waals surface area contributed by atoms with Gasteiger partial charge in [0, 0.05) is 18.7 Å². The molecule has 162 valence electrons. The van der Waals surface area contributed by atoms with Crippen LogP contribution in [0.5, 0.6) is 5.75 Å². The molecule has 0 unspecified atom stereocenters. The third-order valence-electron chi connectivity index (χ3n) is 4.93. The van der Waals surface area contributed by atoms with Crippen LogP contribution >= 0.6 is 0 Å². The van der Waals surface area contributed by atoms with Gasteiger partial charge in [0.25, 0.3) is 5.91 Å². The van der Waals surface area contributed by atoms with E-state index in [0.717, 1.165) is 16.9 Å². The quantitative estimate of drug-likeness (QED) is 0.536. The first-order valence-corrected chi connectivity index (χ1v) is 11.4. The summed E-state index contributed by atoms with van der Waals surface area (Å²) in [5.41, 5.74) is 2.98. The van der Waals surface area contributed by atoms with E-state index in [1.807, 2.05) is 54.6 Å². The Hall–Kier alpha value is -3.16. The van der Waals surface area contributed by atoms with Crippen molar-refractivity contribution in [1.29, 1.82) is 0 Å². The van der Waals surface area contributed by atoms with E-state index in [1.54, 1.807) is 20.1 Å². The van der Waals surface area contributed by atoms with Gasteiger partial charge in [0.15, 0.2) is 0 Å². The number of amides is 1. The van der Waals surface area contributed by atoms with Gasteiger partial charge < -0.3 is 10.1 Å². The summed E-state index contributed by atoms with van der Waals surface area (Å²) in [6, 6.07) is 21.5. The van der Waals surface area contributed by atoms with Gasteiger partial charge in [-0.1, -0.05) is 48.5 Å². The Labute approximate surface area is 183 Å². The summed E-state index contributed by atoms with van der Waals surface area (Å²) in [4.78, 5) is 12.7. The molecule has 0 aliphatic rings. The predicted octanol–water partition coefficient (Wildman–Crippen LogP) is 3.45. The molecule has 0 aromatic heterocycles. The number of carbonyl (C=O) groups is 1. The minimum Gasteiger partial charge on any atom is -0.497 e. The number of nitrogens with one attached hydrogen (secondary N) is 2. The molecule has 0 radical (unpaired) electrons. The van der Waals surface area contributed by atoms with Crippen molar-refractivity contribution in [2.24, 2.45) is 0 Å². The largest absolute Gasteiger partial charge is 0.497 e. The Morgan fingerprint density at radius 3 is 2.32 bits per heavy atom. The fraction of sp³-hybridized carbons (Fsp3) is 0.208. The number of ether oxygens (including phenoxy) is 1. The lowest BCUT2D eigenvalue weighted by molar-refractivity contribution is 0.0953. The van der Waals surface area contributed by atoms with Crippen LogP contribution in [0.1, 0.15) is 27.0 Å². The van der Waals surface area contributed by atoms with Crippen molar-refractivity contribution in [3.05, 3.63) is 95.1 Å². The van der Waals surface area contributed by atoms with E-state index in [4.69, 9.17) is 4.74 Å². The monoisotopic (exact) mass is 438 g/mol. The fourth-order valence-electron chi connectivity index (χ4n) is 3.08. The van der Waals surface area contributed by atoms with Crippen LogP contribution in [-0.4, -0.2) is 28.0 Å². The van der Waals surface area contributed by atoms with E-state index in [-0.39, 0.29) is 17.3 Å². The predicted molar refractivity (Wildman–Crippen MR) is 121 cm³/mol. The molecule has 0 fully saturated rings. The lowest BCUT2D eigenvalue weighted by atomic mass is 10.1.